The summed E-state index contributed by atoms with van der Waals surface area (Å²) in [4.78, 5) is 25.5. The lowest BCUT2D eigenvalue weighted by Gasteiger charge is -2.34. The monoisotopic (exact) mass is 325 g/mol. The van der Waals surface area contributed by atoms with Gasteiger partial charge < -0.3 is 14.4 Å². The fourth-order valence-corrected chi connectivity index (χ4v) is 2.75. The summed E-state index contributed by atoms with van der Waals surface area (Å²) in [6.07, 6.45) is 0.133. The van der Waals surface area contributed by atoms with E-state index in [-0.39, 0.29) is 5.91 Å². The molecule has 0 fully saturated rings. The van der Waals surface area contributed by atoms with Crippen LogP contribution >= 0.6 is 0 Å². The molecule has 2 aromatic rings. The van der Waals surface area contributed by atoms with Gasteiger partial charge in [-0.25, -0.2) is 0 Å². The summed E-state index contributed by atoms with van der Waals surface area (Å²) in [5, 5.41) is 0. The van der Waals surface area contributed by atoms with Gasteiger partial charge in [0.1, 0.15) is 6.29 Å². The van der Waals surface area contributed by atoms with E-state index in [0.717, 1.165) is 11.8 Å². The van der Waals surface area contributed by atoms with Gasteiger partial charge in [-0.05, 0) is 31.5 Å². The minimum Gasteiger partial charge on any atom is -0.490 e. The Morgan fingerprint density at radius 2 is 2.00 bits per heavy atom. The molecule has 0 N–H and O–H groups in total. The summed E-state index contributed by atoms with van der Waals surface area (Å²) in [5.41, 5.74) is 2.01. The molecule has 0 saturated carbocycles. The number of benzene rings is 2. The zero-order chi connectivity index (χ0) is 17.1. The van der Waals surface area contributed by atoms with Crippen LogP contribution in [-0.4, -0.2) is 24.9 Å². The van der Waals surface area contributed by atoms with Crippen molar-refractivity contribution in [3.8, 4) is 11.5 Å². The maximum Gasteiger partial charge on any atom is 0.268 e. The van der Waals surface area contributed by atoms with Crippen LogP contribution in [0.5, 0.6) is 11.5 Å². The summed E-state index contributed by atoms with van der Waals surface area (Å²) in [5.74, 6) is 0.844. The Bertz CT molecular complexity index is 757. The minimum atomic E-state index is -0.609. The van der Waals surface area contributed by atoms with Crippen LogP contribution in [0.1, 0.15) is 29.8 Å². The van der Waals surface area contributed by atoms with Gasteiger partial charge in [0, 0.05) is 5.56 Å². The first kappa shape index (κ1) is 16.1. The fraction of sp³-hybridized carbons (Fsp3) is 0.263. The lowest BCUT2D eigenvalue weighted by Crippen LogP contribution is -2.44. The first-order valence-corrected chi connectivity index (χ1v) is 7.92. The zero-order valence-electron chi connectivity index (χ0n) is 13.7. The first-order valence-electron chi connectivity index (χ1n) is 7.92. The van der Waals surface area contributed by atoms with Crippen molar-refractivity contribution in [3.63, 3.8) is 0 Å². The second-order valence-corrected chi connectivity index (χ2v) is 5.59. The Morgan fingerprint density at radius 3 is 2.67 bits per heavy atom. The van der Waals surface area contributed by atoms with Crippen molar-refractivity contribution in [1.82, 2.24) is 0 Å². The second kappa shape index (κ2) is 6.74. The lowest BCUT2D eigenvalue weighted by molar-refractivity contribution is -0.125. The smallest absolute Gasteiger partial charge is 0.268 e. The van der Waals surface area contributed by atoms with Crippen LogP contribution in [-0.2, 0) is 11.3 Å². The molecule has 0 aliphatic carbocycles. The largest absolute Gasteiger partial charge is 0.490 e. The number of anilines is 1. The van der Waals surface area contributed by atoms with Gasteiger partial charge >= 0.3 is 0 Å². The average Bonchev–Trinajstić information content (AvgIpc) is 2.60. The Morgan fingerprint density at radius 1 is 1.25 bits per heavy atom. The molecule has 1 amide bonds. The molecule has 0 bridgehead atoms. The van der Waals surface area contributed by atoms with Crippen molar-refractivity contribution in [2.45, 2.75) is 26.5 Å². The maximum atomic E-state index is 12.6. The standard InChI is InChI=1S/C19H19NO4/c1-3-23-17-10-15(12-21)9-16-18(17)24-13(2)19(22)20(16)11-14-7-5-4-6-8-14/h4-10,12-13H,3,11H2,1-2H3. The van der Waals surface area contributed by atoms with Crippen molar-refractivity contribution in [2.75, 3.05) is 11.5 Å². The summed E-state index contributed by atoms with van der Waals surface area (Å²) in [7, 11) is 0. The van der Waals surface area contributed by atoms with E-state index in [2.05, 4.69) is 0 Å². The van der Waals surface area contributed by atoms with E-state index in [4.69, 9.17) is 9.47 Å². The normalized spacial score (nSPS) is 16.3. The summed E-state index contributed by atoms with van der Waals surface area (Å²) < 4.78 is 11.4. The number of fused-ring (bicyclic) bond motifs is 1. The Labute approximate surface area is 140 Å². The second-order valence-electron chi connectivity index (χ2n) is 5.59. The highest BCUT2D eigenvalue weighted by Crippen LogP contribution is 2.43. The number of hydrogen-bond acceptors (Lipinski definition) is 4. The predicted molar refractivity (Wildman–Crippen MR) is 90.7 cm³/mol. The third-order valence-electron chi connectivity index (χ3n) is 3.88. The highest BCUT2D eigenvalue weighted by molar-refractivity contribution is 6.01. The molecular weight excluding hydrogens is 306 g/mol. The third-order valence-corrected chi connectivity index (χ3v) is 3.88. The highest BCUT2D eigenvalue weighted by atomic mass is 16.5. The Hall–Kier alpha value is -2.82. The number of amides is 1. The van der Waals surface area contributed by atoms with Crippen LogP contribution in [0.3, 0.4) is 0 Å². The van der Waals surface area contributed by atoms with Gasteiger partial charge in [-0.1, -0.05) is 30.3 Å². The quantitative estimate of drug-likeness (QED) is 0.792. The number of ether oxygens (including phenoxy) is 2. The molecule has 124 valence electrons. The summed E-state index contributed by atoms with van der Waals surface area (Å²) in [6.45, 7) is 4.43. The highest BCUT2D eigenvalue weighted by Gasteiger charge is 2.34. The van der Waals surface area contributed by atoms with Gasteiger partial charge in [-0.15, -0.1) is 0 Å². The molecule has 1 aliphatic rings. The Kier molecular flexibility index (Phi) is 4.51. The molecule has 0 saturated heterocycles. The number of rotatable bonds is 5. The molecule has 5 heteroatoms. The van der Waals surface area contributed by atoms with Crippen LogP contribution in [0, 0.1) is 0 Å². The average molecular weight is 325 g/mol. The van der Waals surface area contributed by atoms with Crippen molar-refractivity contribution < 1.29 is 19.1 Å². The summed E-state index contributed by atoms with van der Waals surface area (Å²) >= 11 is 0. The van der Waals surface area contributed by atoms with Crippen LogP contribution in [0.25, 0.3) is 0 Å². The number of hydrogen-bond donors (Lipinski definition) is 0. The molecule has 0 radical (unpaired) electrons. The zero-order valence-corrected chi connectivity index (χ0v) is 13.7. The molecule has 2 aromatic carbocycles. The Balaban J connectivity index is 2.08. The van der Waals surface area contributed by atoms with E-state index < -0.39 is 6.10 Å². The van der Waals surface area contributed by atoms with E-state index >= 15 is 0 Å². The number of carbonyl (C=O) groups excluding carboxylic acids is 2. The van der Waals surface area contributed by atoms with Crippen LogP contribution in [0.15, 0.2) is 42.5 Å². The van der Waals surface area contributed by atoms with Crippen molar-refractivity contribution in [1.29, 1.82) is 0 Å². The van der Waals surface area contributed by atoms with E-state index in [1.807, 2.05) is 37.3 Å². The molecule has 1 atom stereocenters. The van der Waals surface area contributed by atoms with E-state index in [1.54, 1.807) is 24.0 Å². The van der Waals surface area contributed by atoms with Crippen molar-refractivity contribution in [3.05, 3.63) is 53.6 Å². The van der Waals surface area contributed by atoms with Gasteiger partial charge in [0.25, 0.3) is 5.91 Å². The van der Waals surface area contributed by atoms with E-state index in [1.165, 1.54) is 0 Å². The maximum absolute atomic E-state index is 12.6. The lowest BCUT2D eigenvalue weighted by atomic mass is 10.1. The van der Waals surface area contributed by atoms with Crippen molar-refractivity contribution >= 4 is 17.9 Å². The first-order chi connectivity index (χ1) is 11.6. The predicted octanol–water partition coefficient (Wildman–Crippen LogP) is 3.21. The van der Waals surface area contributed by atoms with Crippen LogP contribution in [0.2, 0.25) is 0 Å². The third kappa shape index (κ3) is 2.97. The molecule has 1 aliphatic heterocycles. The van der Waals surface area contributed by atoms with Gasteiger partial charge in [-0.2, -0.15) is 0 Å². The van der Waals surface area contributed by atoms with Gasteiger partial charge in [-0.3, -0.25) is 9.59 Å². The SMILES string of the molecule is CCOc1cc(C=O)cc2c1OC(C)C(=O)N2Cc1ccccc1. The molecule has 24 heavy (non-hydrogen) atoms. The molecule has 1 unspecified atom stereocenters. The minimum absolute atomic E-state index is 0.142. The van der Waals surface area contributed by atoms with Crippen molar-refractivity contribution in [2.24, 2.45) is 0 Å². The van der Waals surface area contributed by atoms with Gasteiger partial charge in [0.15, 0.2) is 17.6 Å². The van der Waals surface area contributed by atoms with Crippen LogP contribution < -0.4 is 14.4 Å². The topological polar surface area (TPSA) is 55.8 Å². The van der Waals surface area contributed by atoms with Crippen LogP contribution in [0.4, 0.5) is 5.69 Å². The fourth-order valence-electron chi connectivity index (χ4n) is 2.75. The molecule has 5 nitrogen and oxygen atoms in total. The summed E-state index contributed by atoms with van der Waals surface area (Å²) in [6, 6.07) is 13.0. The number of carbonyl (C=O) groups is 2. The van der Waals surface area contributed by atoms with E-state index in [9.17, 15) is 9.59 Å². The molecule has 0 spiro atoms. The number of aldehydes is 1. The number of nitrogens with zero attached hydrogens (tertiary/aromatic N) is 1. The molecular formula is C19H19NO4. The van der Waals surface area contributed by atoms with E-state index in [0.29, 0.717) is 35.9 Å². The molecule has 0 aromatic heterocycles. The molecule has 1 heterocycles. The van der Waals surface area contributed by atoms with Gasteiger partial charge in [0.2, 0.25) is 0 Å². The van der Waals surface area contributed by atoms with Gasteiger partial charge in [0.05, 0.1) is 18.8 Å². The molecule has 3 rings (SSSR count).